The summed E-state index contributed by atoms with van der Waals surface area (Å²) in [7, 11) is 0. The van der Waals surface area contributed by atoms with E-state index in [1.807, 2.05) is 30.3 Å². The van der Waals surface area contributed by atoms with Crippen molar-refractivity contribution in [3.8, 4) is 0 Å². The second kappa shape index (κ2) is 8.06. The molecule has 1 heterocycles. The lowest BCUT2D eigenvalue weighted by atomic mass is 9.85. The van der Waals surface area contributed by atoms with Gasteiger partial charge in [0, 0.05) is 9.77 Å². The Morgan fingerprint density at radius 1 is 1.32 bits per heavy atom. The number of nitrogens with two attached hydrogens (primary N) is 1. The normalized spacial score (nSPS) is 16.3. The van der Waals surface area contributed by atoms with Crippen molar-refractivity contribution in [2.24, 2.45) is 11.7 Å². The number of thioether (sulfide) groups is 1. The molecule has 4 nitrogen and oxygen atoms in total. The molecule has 1 aromatic carbocycles. The summed E-state index contributed by atoms with van der Waals surface area (Å²) in [4.78, 5) is 26.5. The van der Waals surface area contributed by atoms with E-state index in [1.54, 1.807) is 0 Å². The minimum absolute atomic E-state index is 0.109. The molecule has 132 valence electrons. The largest absolute Gasteiger partial charge is 0.365 e. The predicted octanol–water partition coefficient (Wildman–Crippen LogP) is 4.09. The number of hydrogen-bond donors (Lipinski definition) is 2. The van der Waals surface area contributed by atoms with E-state index in [0.29, 0.717) is 22.2 Å². The van der Waals surface area contributed by atoms with Crippen molar-refractivity contribution < 1.29 is 9.59 Å². The Morgan fingerprint density at radius 2 is 2.08 bits per heavy atom. The third kappa shape index (κ3) is 4.25. The second-order valence-electron chi connectivity index (χ2n) is 6.24. The molecule has 3 N–H and O–H groups in total. The summed E-state index contributed by atoms with van der Waals surface area (Å²) < 4.78 is 0. The van der Waals surface area contributed by atoms with Gasteiger partial charge in [-0.3, -0.25) is 9.59 Å². The molecule has 0 aliphatic heterocycles. The van der Waals surface area contributed by atoms with Gasteiger partial charge in [0.1, 0.15) is 5.00 Å². The summed E-state index contributed by atoms with van der Waals surface area (Å²) in [5, 5.41) is 3.53. The monoisotopic (exact) mass is 374 g/mol. The van der Waals surface area contributed by atoms with Gasteiger partial charge in [0.25, 0.3) is 5.91 Å². The molecule has 0 radical (unpaired) electrons. The number of primary amides is 1. The number of rotatable bonds is 6. The fraction of sp³-hybridized carbons (Fsp3) is 0.368. The first-order valence-electron chi connectivity index (χ1n) is 8.50. The highest BCUT2D eigenvalue weighted by atomic mass is 32.2. The van der Waals surface area contributed by atoms with Crippen LogP contribution in [-0.2, 0) is 17.6 Å². The molecule has 0 fully saturated rings. The molecule has 0 bridgehead atoms. The molecule has 0 unspecified atom stereocenters. The van der Waals surface area contributed by atoms with Gasteiger partial charge >= 0.3 is 0 Å². The molecule has 1 aliphatic carbocycles. The fourth-order valence-corrected chi connectivity index (χ4v) is 5.28. The Hall–Kier alpha value is -1.79. The summed E-state index contributed by atoms with van der Waals surface area (Å²) in [5.74, 6) is 0.409. The Morgan fingerprint density at radius 3 is 2.76 bits per heavy atom. The highest BCUT2D eigenvalue weighted by Gasteiger charge is 2.28. The minimum Gasteiger partial charge on any atom is -0.365 e. The molecule has 1 aromatic heterocycles. The molecule has 2 amide bonds. The lowest BCUT2D eigenvalue weighted by Gasteiger charge is -2.20. The van der Waals surface area contributed by atoms with Crippen LogP contribution in [0, 0.1) is 5.92 Å². The topological polar surface area (TPSA) is 72.2 Å². The van der Waals surface area contributed by atoms with Crippen LogP contribution >= 0.6 is 23.1 Å². The Balaban J connectivity index is 1.72. The number of fused-ring (bicyclic) bond motifs is 1. The number of benzene rings is 1. The summed E-state index contributed by atoms with van der Waals surface area (Å²) in [6.07, 6.45) is 4.07. The zero-order chi connectivity index (χ0) is 17.8. The van der Waals surface area contributed by atoms with Crippen LogP contribution in [0.5, 0.6) is 0 Å². The smallest absolute Gasteiger partial charge is 0.251 e. The number of nitrogens with one attached hydrogen (secondary N) is 1. The molecular weight excluding hydrogens is 352 g/mol. The van der Waals surface area contributed by atoms with E-state index in [1.165, 1.54) is 28.0 Å². The summed E-state index contributed by atoms with van der Waals surface area (Å²) in [6.45, 7) is 2.20. The third-order valence-electron chi connectivity index (χ3n) is 4.56. The van der Waals surface area contributed by atoms with Gasteiger partial charge in [-0.15, -0.1) is 23.1 Å². The second-order valence-corrected chi connectivity index (χ2v) is 8.39. The van der Waals surface area contributed by atoms with E-state index in [2.05, 4.69) is 12.2 Å². The van der Waals surface area contributed by atoms with Gasteiger partial charge in [-0.2, -0.15) is 0 Å². The number of carbonyl (C=O) groups excluding carboxylic acids is 2. The summed E-state index contributed by atoms with van der Waals surface area (Å²) in [5.41, 5.74) is 7.17. The van der Waals surface area contributed by atoms with Crippen LogP contribution in [0.1, 0.15) is 40.6 Å². The molecule has 6 heteroatoms. The summed E-state index contributed by atoms with van der Waals surface area (Å²) in [6, 6.07) is 9.79. The standard InChI is InChI=1S/C19H22N2O2S2/c1-2-12-8-9-14-15(10-12)25-19(17(14)18(20)23)21-16(22)11-24-13-6-4-3-5-7-13/h3-7,12H,2,8-11H2,1H3,(H2,20,23)(H,21,22)/t12-/m0/s1. The van der Waals surface area contributed by atoms with Gasteiger partial charge in [-0.1, -0.05) is 31.5 Å². The number of thiophene rings is 1. The maximum Gasteiger partial charge on any atom is 0.251 e. The van der Waals surface area contributed by atoms with Crippen molar-refractivity contribution in [2.75, 3.05) is 11.1 Å². The van der Waals surface area contributed by atoms with E-state index in [0.717, 1.165) is 36.1 Å². The van der Waals surface area contributed by atoms with Crippen LogP contribution in [0.15, 0.2) is 35.2 Å². The van der Waals surface area contributed by atoms with Crippen LogP contribution < -0.4 is 11.1 Å². The summed E-state index contributed by atoms with van der Waals surface area (Å²) >= 11 is 2.99. The van der Waals surface area contributed by atoms with Crippen molar-refractivity contribution >= 4 is 39.9 Å². The number of anilines is 1. The quantitative estimate of drug-likeness (QED) is 0.748. The molecule has 0 saturated heterocycles. The van der Waals surface area contributed by atoms with Gasteiger partial charge in [0.05, 0.1) is 11.3 Å². The van der Waals surface area contributed by atoms with Crippen molar-refractivity contribution in [3.63, 3.8) is 0 Å². The lowest BCUT2D eigenvalue weighted by Crippen LogP contribution is -2.20. The highest BCUT2D eigenvalue weighted by molar-refractivity contribution is 8.00. The Labute approximate surface area is 156 Å². The molecule has 3 rings (SSSR count). The van der Waals surface area contributed by atoms with Crippen LogP contribution in [-0.4, -0.2) is 17.6 Å². The number of hydrogen-bond acceptors (Lipinski definition) is 4. The lowest BCUT2D eigenvalue weighted by molar-refractivity contribution is -0.113. The van der Waals surface area contributed by atoms with Crippen molar-refractivity contribution in [2.45, 2.75) is 37.5 Å². The molecule has 0 saturated carbocycles. The van der Waals surface area contributed by atoms with Gasteiger partial charge in [-0.05, 0) is 42.9 Å². The fourth-order valence-electron chi connectivity index (χ4n) is 3.18. The van der Waals surface area contributed by atoms with E-state index in [9.17, 15) is 9.59 Å². The average molecular weight is 375 g/mol. The minimum atomic E-state index is -0.446. The molecule has 25 heavy (non-hydrogen) atoms. The van der Waals surface area contributed by atoms with Gasteiger partial charge in [-0.25, -0.2) is 0 Å². The Kier molecular flexibility index (Phi) is 5.81. The van der Waals surface area contributed by atoms with Crippen LogP contribution in [0.3, 0.4) is 0 Å². The van der Waals surface area contributed by atoms with Crippen LogP contribution in [0.4, 0.5) is 5.00 Å². The molecular formula is C19H22N2O2S2. The van der Waals surface area contributed by atoms with Crippen LogP contribution in [0.25, 0.3) is 0 Å². The molecule has 2 aromatic rings. The average Bonchev–Trinajstić information content (AvgIpc) is 2.97. The predicted molar refractivity (Wildman–Crippen MR) is 104 cm³/mol. The number of carbonyl (C=O) groups is 2. The first-order valence-corrected chi connectivity index (χ1v) is 10.3. The van der Waals surface area contributed by atoms with Crippen molar-refractivity contribution in [1.82, 2.24) is 0 Å². The van der Waals surface area contributed by atoms with Gasteiger partial charge in [0.15, 0.2) is 0 Å². The van der Waals surface area contributed by atoms with Crippen molar-refractivity contribution in [3.05, 3.63) is 46.3 Å². The van der Waals surface area contributed by atoms with Gasteiger partial charge < -0.3 is 11.1 Å². The molecule has 1 aliphatic rings. The number of amides is 2. The van der Waals surface area contributed by atoms with E-state index in [-0.39, 0.29) is 5.91 Å². The Bertz CT molecular complexity index is 771. The molecule has 1 atom stereocenters. The maximum atomic E-state index is 12.3. The SMILES string of the molecule is CC[C@H]1CCc2c(sc(NC(=O)CSc3ccccc3)c2C(N)=O)C1. The van der Waals surface area contributed by atoms with E-state index >= 15 is 0 Å². The van der Waals surface area contributed by atoms with E-state index < -0.39 is 5.91 Å². The zero-order valence-corrected chi connectivity index (χ0v) is 15.8. The zero-order valence-electron chi connectivity index (χ0n) is 14.2. The first-order chi connectivity index (χ1) is 12.1. The first kappa shape index (κ1) is 18.0. The third-order valence-corrected chi connectivity index (χ3v) is 6.74. The van der Waals surface area contributed by atoms with E-state index in [4.69, 9.17) is 5.73 Å². The molecule has 0 spiro atoms. The highest BCUT2D eigenvalue weighted by Crippen LogP contribution is 2.40. The van der Waals surface area contributed by atoms with Crippen LogP contribution in [0.2, 0.25) is 0 Å². The van der Waals surface area contributed by atoms with Crippen molar-refractivity contribution in [1.29, 1.82) is 0 Å². The maximum absolute atomic E-state index is 12.3. The van der Waals surface area contributed by atoms with Gasteiger partial charge in [0.2, 0.25) is 5.91 Å².